The number of hydrogen-bond donors (Lipinski definition) is 0. The molecule has 1 atom stereocenters. The van der Waals surface area contributed by atoms with Crippen molar-refractivity contribution in [3.8, 4) is 5.75 Å². The summed E-state index contributed by atoms with van der Waals surface area (Å²) in [7, 11) is 0.603. The minimum Gasteiger partial charge on any atom is -0.497 e. The maximum atomic E-state index is 5.23. The number of rotatable bonds is 8. The van der Waals surface area contributed by atoms with Gasteiger partial charge in [0.25, 0.3) is 0 Å². The molecule has 2 heteroatoms. The van der Waals surface area contributed by atoms with Crippen molar-refractivity contribution in [1.82, 2.24) is 0 Å². The largest absolute Gasteiger partial charge is 0.497 e. The van der Waals surface area contributed by atoms with Crippen molar-refractivity contribution >= 4 is 8.07 Å². The van der Waals surface area contributed by atoms with Crippen LogP contribution in [0, 0.1) is 0 Å². The Bertz CT molecular complexity index is 370. The molecule has 1 unspecified atom stereocenters. The Morgan fingerprint density at radius 2 is 1.63 bits per heavy atom. The molecule has 0 N–H and O–H groups in total. The van der Waals surface area contributed by atoms with E-state index in [0.29, 0.717) is 5.92 Å². The van der Waals surface area contributed by atoms with E-state index in [9.17, 15) is 0 Å². The van der Waals surface area contributed by atoms with E-state index in [0.717, 1.165) is 5.75 Å². The predicted octanol–water partition coefficient (Wildman–Crippen LogP) is 5.47. The van der Waals surface area contributed by atoms with E-state index in [2.05, 4.69) is 57.7 Å². The minimum atomic E-state index is -1.11. The molecule has 0 aliphatic heterocycles. The van der Waals surface area contributed by atoms with Gasteiger partial charge in [-0.2, -0.15) is 0 Å². The highest BCUT2D eigenvalue weighted by Crippen LogP contribution is 2.35. The van der Waals surface area contributed by atoms with Crippen LogP contribution in [0.3, 0.4) is 0 Å². The molecule has 0 saturated heterocycles. The van der Waals surface area contributed by atoms with E-state index < -0.39 is 8.07 Å². The highest BCUT2D eigenvalue weighted by molar-refractivity contribution is 6.79. The lowest BCUT2D eigenvalue weighted by molar-refractivity contribution is 0.414. The van der Waals surface area contributed by atoms with Gasteiger partial charge in [-0.15, -0.1) is 6.58 Å². The number of allylic oxidation sites excluding steroid dienone is 1. The zero-order valence-electron chi connectivity index (χ0n) is 12.9. The van der Waals surface area contributed by atoms with Gasteiger partial charge in [0, 0.05) is 0 Å². The van der Waals surface area contributed by atoms with E-state index in [1.54, 1.807) is 7.11 Å². The molecular weight excluding hydrogens is 248 g/mol. The number of ether oxygens (including phenoxy) is 1. The lowest BCUT2D eigenvalue weighted by atomic mass is 10.0. The minimum absolute atomic E-state index is 0.498. The maximum absolute atomic E-state index is 5.23. The molecule has 0 saturated carbocycles. The molecule has 106 valence electrons. The van der Waals surface area contributed by atoms with Gasteiger partial charge in [0.05, 0.1) is 15.2 Å². The highest BCUT2D eigenvalue weighted by atomic mass is 28.3. The standard InChI is InChI=1S/C17H28OSi/c1-6-15(14-19(7-2,8-3)9-4)16-10-12-17(18-5)13-11-16/h6,10-13,15H,1,7-9,14H2,2-5H3. The molecule has 1 rings (SSSR count). The zero-order chi connectivity index (χ0) is 14.3. The van der Waals surface area contributed by atoms with Crippen molar-refractivity contribution in [3.63, 3.8) is 0 Å². The summed E-state index contributed by atoms with van der Waals surface area (Å²) >= 11 is 0. The van der Waals surface area contributed by atoms with E-state index in [1.165, 1.54) is 29.7 Å². The molecule has 0 aromatic heterocycles. The molecule has 0 fully saturated rings. The lowest BCUT2D eigenvalue weighted by Gasteiger charge is -2.31. The van der Waals surface area contributed by atoms with Crippen molar-refractivity contribution < 1.29 is 4.74 Å². The second-order valence-electron chi connectivity index (χ2n) is 5.38. The molecule has 0 aliphatic rings. The Morgan fingerprint density at radius 1 is 1.11 bits per heavy atom. The Kier molecular flexibility index (Phi) is 6.36. The second-order valence-corrected chi connectivity index (χ2v) is 10.9. The van der Waals surface area contributed by atoms with Crippen LogP contribution in [0.15, 0.2) is 36.9 Å². The van der Waals surface area contributed by atoms with Gasteiger partial charge in [-0.3, -0.25) is 0 Å². The summed E-state index contributed by atoms with van der Waals surface area (Å²) in [5, 5.41) is 0. The van der Waals surface area contributed by atoms with Crippen LogP contribution >= 0.6 is 0 Å². The quantitative estimate of drug-likeness (QED) is 0.451. The van der Waals surface area contributed by atoms with Gasteiger partial charge >= 0.3 is 0 Å². The van der Waals surface area contributed by atoms with E-state index >= 15 is 0 Å². The third kappa shape index (κ3) is 3.97. The number of hydrogen-bond acceptors (Lipinski definition) is 1. The van der Waals surface area contributed by atoms with Crippen LogP contribution in [-0.2, 0) is 0 Å². The Labute approximate surface area is 119 Å². The van der Waals surface area contributed by atoms with Crippen LogP contribution in [0.2, 0.25) is 24.2 Å². The SMILES string of the molecule is C=CC(C[Si](CC)(CC)CC)c1ccc(OC)cc1. The monoisotopic (exact) mass is 276 g/mol. The molecular formula is C17H28OSi. The maximum Gasteiger partial charge on any atom is 0.118 e. The summed E-state index contributed by atoms with van der Waals surface area (Å²) in [6, 6.07) is 13.9. The first-order valence-electron chi connectivity index (χ1n) is 7.41. The topological polar surface area (TPSA) is 9.23 Å². The average molecular weight is 276 g/mol. The molecule has 0 aliphatic carbocycles. The summed E-state index contributed by atoms with van der Waals surface area (Å²) in [4.78, 5) is 0. The fraction of sp³-hybridized carbons (Fsp3) is 0.529. The Hall–Kier alpha value is -1.02. The normalized spacial score (nSPS) is 13.1. The van der Waals surface area contributed by atoms with E-state index in [4.69, 9.17) is 4.74 Å². The summed E-state index contributed by atoms with van der Waals surface area (Å²) in [6.45, 7) is 11.2. The van der Waals surface area contributed by atoms with Gasteiger partial charge in [-0.25, -0.2) is 0 Å². The second kappa shape index (κ2) is 7.54. The van der Waals surface area contributed by atoms with E-state index in [1.807, 2.05) is 0 Å². The molecule has 19 heavy (non-hydrogen) atoms. The zero-order valence-corrected chi connectivity index (χ0v) is 13.9. The van der Waals surface area contributed by atoms with Crippen LogP contribution in [0.1, 0.15) is 32.3 Å². The predicted molar refractivity (Wildman–Crippen MR) is 87.9 cm³/mol. The van der Waals surface area contributed by atoms with Crippen LogP contribution in [-0.4, -0.2) is 15.2 Å². The van der Waals surface area contributed by atoms with Crippen molar-refractivity contribution in [2.75, 3.05) is 7.11 Å². The average Bonchev–Trinajstić information content (AvgIpc) is 2.50. The van der Waals surface area contributed by atoms with Gasteiger partial charge < -0.3 is 4.74 Å². The summed E-state index contributed by atoms with van der Waals surface area (Å²) in [6.07, 6.45) is 2.13. The fourth-order valence-corrected chi connectivity index (χ4v) is 6.54. The fourth-order valence-electron chi connectivity index (χ4n) is 2.84. The first kappa shape index (κ1) is 16.0. The van der Waals surface area contributed by atoms with Gasteiger partial charge in [-0.1, -0.05) is 57.1 Å². The Morgan fingerprint density at radius 3 is 2.00 bits per heavy atom. The molecule has 0 radical (unpaired) electrons. The smallest absolute Gasteiger partial charge is 0.118 e. The number of benzene rings is 1. The lowest BCUT2D eigenvalue weighted by Crippen LogP contribution is -2.32. The molecule has 0 heterocycles. The molecule has 1 aromatic rings. The van der Waals surface area contributed by atoms with Crippen LogP contribution in [0.5, 0.6) is 5.75 Å². The van der Waals surface area contributed by atoms with Crippen molar-refractivity contribution in [1.29, 1.82) is 0 Å². The molecule has 0 amide bonds. The van der Waals surface area contributed by atoms with Crippen LogP contribution in [0.25, 0.3) is 0 Å². The molecule has 1 nitrogen and oxygen atoms in total. The van der Waals surface area contributed by atoms with E-state index in [-0.39, 0.29) is 0 Å². The van der Waals surface area contributed by atoms with Gasteiger partial charge in [0.1, 0.15) is 5.75 Å². The van der Waals surface area contributed by atoms with Gasteiger partial charge in [0.2, 0.25) is 0 Å². The number of methoxy groups -OCH3 is 1. The van der Waals surface area contributed by atoms with Crippen molar-refractivity contribution in [2.45, 2.75) is 50.9 Å². The third-order valence-corrected chi connectivity index (χ3v) is 10.5. The van der Waals surface area contributed by atoms with Crippen LogP contribution < -0.4 is 4.74 Å². The highest BCUT2D eigenvalue weighted by Gasteiger charge is 2.29. The summed E-state index contributed by atoms with van der Waals surface area (Å²) in [5.41, 5.74) is 1.38. The molecule has 0 spiro atoms. The Balaban J connectivity index is 2.90. The first-order valence-corrected chi connectivity index (χ1v) is 10.2. The van der Waals surface area contributed by atoms with Gasteiger partial charge in [0.15, 0.2) is 0 Å². The van der Waals surface area contributed by atoms with Gasteiger partial charge in [-0.05, 0) is 29.7 Å². The molecule has 0 bridgehead atoms. The first-order chi connectivity index (χ1) is 9.14. The van der Waals surface area contributed by atoms with Crippen LogP contribution in [0.4, 0.5) is 0 Å². The third-order valence-electron chi connectivity index (χ3n) is 4.73. The van der Waals surface area contributed by atoms with Crippen molar-refractivity contribution in [3.05, 3.63) is 42.5 Å². The van der Waals surface area contributed by atoms with Crippen molar-refractivity contribution in [2.24, 2.45) is 0 Å². The summed E-state index contributed by atoms with van der Waals surface area (Å²) < 4.78 is 5.23. The molecule has 1 aromatic carbocycles. The summed E-state index contributed by atoms with van der Waals surface area (Å²) in [5.74, 6) is 1.42.